The van der Waals surface area contributed by atoms with Crippen LogP contribution in [0.25, 0.3) is 10.8 Å². The number of hydrogen-bond donors (Lipinski definition) is 1. The van der Waals surface area contributed by atoms with Gasteiger partial charge in [-0.05, 0) is 37.1 Å². The smallest absolute Gasteiger partial charge is 0.240 e. The van der Waals surface area contributed by atoms with E-state index in [4.69, 9.17) is 11.6 Å². The lowest BCUT2D eigenvalue weighted by molar-refractivity contribution is -0.124. The zero-order valence-corrected chi connectivity index (χ0v) is 14.3. The number of rotatable bonds is 3. The molecule has 0 spiro atoms. The Kier molecular flexibility index (Phi) is 4.44. The van der Waals surface area contributed by atoms with Crippen molar-refractivity contribution in [3.63, 3.8) is 0 Å². The number of benzene rings is 1. The Hall–Kier alpha value is -1.81. The van der Waals surface area contributed by atoms with E-state index in [1.165, 1.54) is 10.8 Å². The SMILES string of the molecule is CNC(=O)C(C)(Cl)C1CCN(c2nccc3ccccc23)CC1. The fourth-order valence-electron chi connectivity index (χ4n) is 3.42. The van der Waals surface area contributed by atoms with Crippen LogP contribution in [0.3, 0.4) is 0 Å². The number of hydrogen-bond acceptors (Lipinski definition) is 3. The predicted octanol–water partition coefficient (Wildman–Crippen LogP) is 3.19. The molecular formula is C18H22ClN3O. The van der Waals surface area contributed by atoms with Gasteiger partial charge in [0.15, 0.2) is 0 Å². The Labute approximate surface area is 141 Å². The van der Waals surface area contributed by atoms with Crippen molar-refractivity contribution in [1.29, 1.82) is 0 Å². The molecule has 0 aliphatic carbocycles. The third-order valence-electron chi connectivity index (χ3n) is 4.88. The largest absolute Gasteiger partial charge is 0.358 e. The predicted molar refractivity (Wildman–Crippen MR) is 95.0 cm³/mol. The molecule has 0 saturated carbocycles. The van der Waals surface area contributed by atoms with Gasteiger partial charge in [0.25, 0.3) is 0 Å². The number of nitrogens with one attached hydrogen (secondary N) is 1. The quantitative estimate of drug-likeness (QED) is 0.878. The number of amides is 1. The van der Waals surface area contributed by atoms with E-state index in [1.54, 1.807) is 7.05 Å². The van der Waals surface area contributed by atoms with Gasteiger partial charge in [0.1, 0.15) is 10.7 Å². The number of carbonyl (C=O) groups is 1. The number of pyridine rings is 1. The van der Waals surface area contributed by atoms with Gasteiger partial charge in [0, 0.05) is 31.7 Å². The topological polar surface area (TPSA) is 45.2 Å². The van der Waals surface area contributed by atoms with Gasteiger partial charge in [-0.2, -0.15) is 0 Å². The maximum Gasteiger partial charge on any atom is 0.240 e. The number of piperidine rings is 1. The van der Waals surface area contributed by atoms with Gasteiger partial charge in [0.2, 0.25) is 5.91 Å². The van der Waals surface area contributed by atoms with E-state index in [1.807, 2.05) is 31.3 Å². The van der Waals surface area contributed by atoms with E-state index >= 15 is 0 Å². The van der Waals surface area contributed by atoms with Gasteiger partial charge < -0.3 is 10.2 Å². The summed E-state index contributed by atoms with van der Waals surface area (Å²) in [6.45, 7) is 3.56. The average Bonchev–Trinajstić information content (AvgIpc) is 2.60. The first-order valence-electron chi connectivity index (χ1n) is 8.04. The molecular weight excluding hydrogens is 310 g/mol. The highest BCUT2D eigenvalue weighted by Crippen LogP contribution is 2.36. The Morgan fingerprint density at radius 3 is 2.70 bits per heavy atom. The van der Waals surface area contributed by atoms with Crippen molar-refractivity contribution in [2.45, 2.75) is 24.6 Å². The van der Waals surface area contributed by atoms with Crippen molar-refractivity contribution < 1.29 is 4.79 Å². The minimum atomic E-state index is -0.840. The van der Waals surface area contributed by atoms with Crippen LogP contribution in [0.4, 0.5) is 5.82 Å². The summed E-state index contributed by atoms with van der Waals surface area (Å²) >= 11 is 6.51. The summed E-state index contributed by atoms with van der Waals surface area (Å²) in [5.41, 5.74) is 0. The minimum Gasteiger partial charge on any atom is -0.358 e. The van der Waals surface area contributed by atoms with E-state index in [0.29, 0.717) is 0 Å². The first-order chi connectivity index (χ1) is 11.0. The molecule has 122 valence electrons. The molecule has 1 saturated heterocycles. The Morgan fingerprint density at radius 1 is 1.30 bits per heavy atom. The molecule has 3 rings (SSSR count). The number of aromatic nitrogens is 1. The molecule has 2 aromatic rings. The Bertz CT molecular complexity index is 703. The first-order valence-corrected chi connectivity index (χ1v) is 8.41. The molecule has 1 aromatic carbocycles. The summed E-state index contributed by atoms with van der Waals surface area (Å²) in [5.74, 6) is 1.11. The zero-order chi connectivity index (χ0) is 16.4. The van der Waals surface area contributed by atoms with Crippen LogP contribution >= 0.6 is 11.6 Å². The molecule has 1 aliphatic rings. The van der Waals surface area contributed by atoms with Crippen LogP contribution < -0.4 is 10.2 Å². The van der Waals surface area contributed by atoms with Gasteiger partial charge in [-0.25, -0.2) is 4.98 Å². The Balaban J connectivity index is 1.78. The van der Waals surface area contributed by atoms with E-state index in [-0.39, 0.29) is 11.8 Å². The zero-order valence-electron chi connectivity index (χ0n) is 13.6. The van der Waals surface area contributed by atoms with Crippen LogP contribution in [0.5, 0.6) is 0 Å². The second-order valence-corrected chi connectivity index (χ2v) is 7.06. The van der Waals surface area contributed by atoms with Crippen molar-refractivity contribution in [1.82, 2.24) is 10.3 Å². The lowest BCUT2D eigenvalue weighted by Gasteiger charge is -2.38. The molecule has 23 heavy (non-hydrogen) atoms. The highest BCUT2D eigenvalue weighted by Gasteiger charge is 2.40. The highest BCUT2D eigenvalue weighted by molar-refractivity contribution is 6.34. The van der Waals surface area contributed by atoms with Crippen LogP contribution in [0.15, 0.2) is 36.5 Å². The lowest BCUT2D eigenvalue weighted by atomic mass is 9.84. The molecule has 1 amide bonds. The number of carbonyl (C=O) groups excluding carboxylic acids is 1. The highest BCUT2D eigenvalue weighted by atomic mass is 35.5. The van der Waals surface area contributed by atoms with Crippen molar-refractivity contribution in [2.75, 3.05) is 25.0 Å². The molecule has 5 heteroatoms. The second-order valence-electron chi connectivity index (χ2n) is 6.27. The fourth-order valence-corrected chi connectivity index (χ4v) is 3.73. The molecule has 1 aliphatic heterocycles. The van der Waals surface area contributed by atoms with Crippen molar-refractivity contribution >= 4 is 34.1 Å². The number of anilines is 1. The van der Waals surface area contributed by atoms with Crippen LogP contribution in [0, 0.1) is 5.92 Å². The molecule has 1 atom stereocenters. The van der Waals surface area contributed by atoms with Crippen molar-refractivity contribution in [3.8, 4) is 0 Å². The summed E-state index contributed by atoms with van der Waals surface area (Å²) in [7, 11) is 1.64. The number of nitrogens with zero attached hydrogens (tertiary/aromatic N) is 2. The average molecular weight is 332 g/mol. The van der Waals surface area contributed by atoms with Gasteiger partial charge in [0.05, 0.1) is 0 Å². The molecule has 1 unspecified atom stereocenters. The Morgan fingerprint density at radius 2 is 2.00 bits per heavy atom. The summed E-state index contributed by atoms with van der Waals surface area (Å²) in [6, 6.07) is 10.3. The summed E-state index contributed by atoms with van der Waals surface area (Å²) in [5, 5.41) is 5.05. The molecule has 4 nitrogen and oxygen atoms in total. The summed E-state index contributed by atoms with van der Waals surface area (Å²) in [6.07, 6.45) is 3.64. The molecule has 1 fully saturated rings. The van der Waals surface area contributed by atoms with Gasteiger partial charge >= 0.3 is 0 Å². The number of alkyl halides is 1. The molecule has 1 N–H and O–H groups in total. The molecule has 2 heterocycles. The maximum absolute atomic E-state index is 12.0. The summed E-state index contributed by atoms with van der Waals surface area (Å²) < 4.78 is 0. The van der Waals surface area contributed by atoms with Crippen molar-refractivity contribution in [2.24, 2.45) is 5.92 Å². The van der Waals surface area contributed by atoms with Gasteiger partial charge in [-0.3, -0.25) is 4.79 Å². The van der Waals surface area contributed by atoms with E-state index in [2.05, 4.69) is 27.3 Å². The molecule has 0 bridgehead atoms. The lowest BCUT2D eigenvalue weighted by Crippen LogP contribution is -2.48. The van der Waals surface area contributed by atoms with Crippen LogP contribution in [-0.2, 0) is 4.79 Å². The van der Waals surface area contributed by atoms with E-state index in [0.717, 1.165) is 31.7 Å². The molecule has 1 aromatic heterocycles. The number of fused-ring (bicyclic) bond motifs is 1. The van der Waals surface area contributed by atoms with Crippen molar-refractivity contribution in [3.05, 3.63) is 36.5 Å². The number of halogens is 1. The molecule has 0 radical (unpaired) electrons. The van der Waals surface area contributed by atoms with Crippen LogP contribution in [-0.4, -0.2) is 35.9 Å². The monoisotopic (exact) mass is 331 g/mol. The van der Waals surface area contributed by atoms with E-state index < -0.39 is 4.87 Å². The second kappa shape index (κ2) is 6.36. The standard InChI is InChI=1S/C18H22ClN3O/c1-18(19,17(23)20-2)14-8-11-22(12-9-14)16-15-6-4-3-5-13(15)7-10-21-16/h3-7,10,14H,8-9,11-12H2,1-2H3,(H,20,23). The third kappa shape index (κ3) is 3.00. The third-order valence-corrected chi connectivity index (χ3v) is 5.37. The van der Waals surface area contributed by atoms with Crippen LogP contribution in [0.1, 0.15) is 19.8 Å². The first kappa shape index (κ1) is 16.1. The van der Waals surface area contributed by atoms with E-state index in [9.17, 15) is 4.79 Å². The minimum absolute atomic E-state index is 0.0964. The van der Waals surface area contributed by atoms with Gasteiger partial charge in [-0.1, -0.05) is 24.3 Å². The summed E-state index contributed by atoms with van der Waals surface area (Å²) in [4.78, 5) is 18.0. The maximum atomic E-state index is 12.0. The fraction of sp³-hybridized carbons (Fsp3) is 0.444. The van der Waals surface area contributed by atoms with Crippen LogP contribution in [0.2, 0.25) is 0 Å². The van der Waals surface area contributed by atoms with Gasteiger partial charge in [-0.15, -0.1) is 11.6 Å². The normalized spacial score (nSPS) is 18.7.